The van der Waals surface area contributed by atoms with Crippen LogP contribution in [0.4, 0.5) is 4.39 Å². The Kier molecular flexibility index (Phi) is 4.03. The van der Waals surface area contributed by atoms with Crippen LogP contribution in [-0.2, 0) is 6.42 Å². The third-order valence-electron chi connectivity index (χ3n) is 4.34. The minimum absolute atomic E-state index is 0.159. The monoisotopic (exact) mass is 275 g/mol. The van der Waals surface area contributed by atoms with E-state index in [1.54, 1.807) is 6.07 Å². The zero-order valence-corrected chi connectivity index (χ0v) is 12.0. The van der Waals surface area contributed by atoms with Crippen LogP contribution in [0.2, 0.25) is 0 Å². The van der Waals surface area contributed by atoms with Gasteiger partial charge in [-0.1, -0.05) is 0 Å². The standard InChI is InChI=1S/C16H22FN3/c1-12(20-8-6-18-7-9-20)2-3-13-11-19-16-5-4-14(17)10-15(13)16/h4-5,10-12,18-19H,2-3,6-9H2,1H3. The number of nitrogens with one attached hydrogen (secondary N) is 2. The lowest BCUT2D eigenvalue weighted by Crippen LogP contribution is -2.47. The number of aryl methyl sites for hydroxylation is 1. The van der Waals surface area contributed by atoms with Crippen molar-refractivity contribution in [2.24, 2.45) is 0 Å². The van der Waals surface area contributed by atoms with Gasteiger partial charge in [-0.05, 0) is 43.5 Å². The van der Waals surface area contributed by atoms with Crippen molar-refractivity contribution in [1.29, 1.82) is 0 Å². The molecule has 3 nitrogen and oxygen atoms in total. The van der Waals surface area contributed by atoms with Gasteiger partial charge < -0.3 is 10.3 Å². The van der Waals surface area contributed by atoms with Crippen molar-refractivity contribution >= 4 is 10.9 Å². The molecule has 1 atom stereocenters. The highest BCUT2D eigenvalue weighted by atomic mass is 19.1. The molecule has 1 fully saturated rings. The Morgan fingerprint density at radius 3 is 2.90 bits per heavy atom. The van der Waals surface area contributed by atoms with Crippen molar-refractivity contribution in [1.82, 2.24) is 15.2 Å². The molecule has 2 N–H and O–H groups in total. The van der Waals surface area contributed by atoms with Crippen molar-refractivity contribution in [3.8, 4) is 0 Å². The molecule has 0 bridgehead atoms. The van der Waals surface area contributed by atoms with Gasteiger partial charge in [0.2, 0.25) is 0 Å². The minimum Gasteiger partial charge on any atom is -0.361 e. The Morgan fingerprint density at radius 2 is 2.10 bits per heavy atom. The molecule has 4 heteroatoms. The molecular weight excluding hydrogens is 253 g/mol. The topological polar surface area (TPSA) is 31.1 Å². The zero-order chi connectivity index (χ0) is 13.9. The number of halogens is 1. The number of hydrogen-bond acceptors (Lipinski definition) is 2. The van der Waals surface area contributed by atoms with Crippen molar-refractivity contribution < 1.29 is 4.39 Å². The molecular formula is C16H22FN3. The molecule has 20 heavy (non-hydrogen) atoms. The van der Waals surface area contributed by atoms with E-state index in [0.717, 1.165) is 49.9 Å². The Bertz CT molecular complexity index is 572. The second kappa shape index (κ2) is 5.94. The molecule has 108 valence electrons. The Hall–Kier alpha value is -1.39. The number of piperazine rings is 1. The molecule has 1 aliphatic heterocycles. The third kappa shape index (κ3) is 2.86. The first-order valence-corrected chi connectivity index (χ1v) is 7.44. The molecule has 0 spiro atoms. The molecule has 1 unspecified atom stereocenters. The predicted molar refractivity (Wildman–Crippen MR) is 80.5 cm³/mol. The summed E-state index contributed by atoms with van der Waals surface area (Å²) >= 11 is 0. The van der Waals surface area contributed by atoms with Crippen LogP contribution in [0.3, 0.4) is 0 Å². The number of fused-ring (bicyclic) bond motifs is 1. The largest absolute Gasteiger partial charge is 0.361 e. The zero-order valence-electron chi connectivity index (χ0n) is 12.0. The number of rotatable bonds is 4. The maximum atomic E-state index is 13.4. The lowest BCUT2D eigenvalue weighted by atomic mass is 10.0. The van der Waals surface area contributed by atoms with E-state index in [-0.39, 0.29) is 5.82 Å². The minimum atomic E-state index is -0.159. The van der Waals surface area contributed by atoms with E-state index in [2.05, 4.69) is 22.1 Å². The van der Waals surface area contributed by atoms with Gasteiger partial charge in [-0.15, -0.1) is 0 Å². The van der Waals surface area contributed by atoms with Gasteiger partial charge in [0, 0.05) is 49.3 Å². The maximum Gasteiger partial charge on any atom is 0.123 e. The summed E-state index contributed by atoms with van der Waals surface area (Å²) in [5.74, 6) is -0.159. The number of aromatic nitrogens is 1. The fraction of sp³-hybridized carbons (Fsp3) is 0.500. The molecule has 1 aromatic heterocycles. The van der Waals surface area contributed by atoms with Crippen molar-refractivity contribution in [2.45, 2.75) is 25.8 Å². The van der Waals surface area contributed by atoms with Gasteiger partial charge in [0.1, 0.15) is 5.82 Å². The Labute approximate surface area is 119 Å². The van der Waals surface area contributed by atoms with Gasteiger partial charge in [0.15, 0.2) is 0 Å². The van der Waals surface area contributed by atoms with Crippen LogP contribution in [0.5, 0.6) is 0 Å². The fourth-order valence-corrected chi connectivity index (χ4v) is 3.03. The van der Waals surface area contributed by atoms with Crippen LogP contribution in [0, 0.1) is 5.82 Å². The number of benzene rings is 1. The van der Waals surface area contributed by atoms with E-state index >= 15 is 0 Å². The van der Waals surface area contributed by atoms with E-state index in [1.807, 2.05) is 12.3 Å². The normalized spacial score (nSPS) is 18.5. The number of H-pyrrole nitrogens is 1. The van der Waals surface area contributed by atoms with E-state index < -0.39 is 0 Å². The summed E-state index contributed by atoms with van der Waals surface area (Å²) in [6, 6.07) is 5.53. The molecule has 0 saturated carbocycles. The second-order valence-electron chi connectivity index (χ2n) is 5.68. The molecule has 2 aromatic rings. The van der Waals surface area contributed by atoms with Gasteiger partial charge in [-0.3, -0.25) is 4.90 Å². The van der Waals surface area contributed by atoms with Gasteiger partial charge in [-0.2, -0.15) is 0 Å². The first kappa shape index (κ1) is 13.6. The highest BCUT2D eigenvalue weighted by Gasteiger charge is 2.16. The Morgan fingerprint density at radius 1 is 1.30 bits per heavy atom. The van der Waals surface area contributed by atoms with Gasteiger partial charge in [-0.25, -0.2) is 4.39 Å². The lowest BCUT2D eigenvalue weighted by Gasteiger charge is -2.32. The van der Waals surface area contributed by atoms with Gasteiger partial charge in [0.25, 0.3) is 0 Å². The Balaban J connectivity index is 1.65. The molecule has 1 aromatic carbocycles. The van der Waals surface area contributed by atoms with Crippen LogP contribution in [0.15, 0.2) is 24.4 Å². The van der Waals surface area contributed by atoms with Crippen LogP contribution >= 0.6 is 0 Å². The number of nitrogens with zero attached hydrogens (tertiary/aromatic N) is 1. The lowest BCUT2D eigenvalue weighted by molar-refractivity contribution is 0.177. The summed E-state index contributed by atoms with van der Waals surface area (Å²) in [5, 5.41) is 4.41. The summed E-state index contributed by atoms with van der Waals surface area (Å²) in [6.07, 6.45) is 4.13. The molecule has 0 radical (unpaired) electrons. The van der Waals surface area contributed by atoms with Crippen LogP contribution in [0.25, 0.3) is 10.9 Å². The highest BCUT2D eigenvalue weighted by Crippen LogP contribution is 2.21. The molecule has 0 aliphatic carbocycles. The van der Waals surface area contributed by atoms with Gasteiger partial charge >= 0.3 is 0 Å². The molecule has 0 amide bonds. The molecule has 1 saturated heterocycles. The first-order chi connectivity index (χ1) is 9.74. The van der Waals surface area contributed by atoms with E-state index in [1.165, 1.54) is 11.6 Å². The first-order valence-electron chi connectivity index (χ1n) is 7.44. The molecule has 3 rings (SSSR count). The summed E-state index contributed by atoms with van der Waals surface area (Å²) < 4.78 is 13.4. The number of aromatic amines is 1. The van der Waals surface area contributed by atoms with Crippen LogP contribution in [-0.4, -0.2) is 42.1 Å². The smallest absolute Gasteiger partial charge is 0.123 e. The summed E-state index contributed by atoms with van der Waals surface area (Å²) in [4.78, 5) is 5.76. The van der Waals surface area contributed by atoms with Gasteiger partial charge in [0.05, 0.1) is 0 Å². The van der Waals surface area contributed by atoms with Crippen molar-refractivity contribution in [3.05, 3.63) is 35.8 Å². The molecule has 1 aliphatic rings. The van der Waals surface area contributed by atoms with Crippen molar-refractivity contribution in [2.75, 3.05) is 26.2 Å². The third-order valence-corrected chi connectivity index (χ3v) is 4.34. The summed E-state index contributed by atoms with van der Waals surface area (Å²) in [6.45, 7) is 6.72. The van der Waals surface area contributed by atoms with E-state index in [9.17, 15) is 4.39 Å². The quantitative estimate of drug-likeness (QED) is 0.898. The average Bonchev–Trinajstić information content (AvgIpc) is 2.88. The average molecular weight is 275 g/mol. The van der Waals surface area contributed by atoms with Crippen molar-refractivity contribution in [3.63, 3.8) is 0 Å². The summed E-state index contributed by atoms with van der Waals surface area (Å²) in [5.41, 5.74) is 2.25. The maximum absolute atomic E-state index is 13.4. The SMILES string of the molecule is CC(CCc1c[nH]c2ccc(F)cc12)N1CCNCC1. The molecule has 2 heterocycles. The highest BCUT2D eigenvalue weighted by molar-refractivity contribution is 5.83. The predicted octanol–water partition coefficient (Wildman–Crippen LogP) is 2.53. The van der Waals surface area contributed by atoms with E-state index in [4.69, 9.17) is 0 Å². The fourth-order valence-electron chi connectivity index (χ4n) is 3.03. The second-order valence-corrected chi connectivity index (χ2v) is 5.68. The van der Waals surface area contributed by atoms with E-state index in [0.29, 0.717) is 6.04 Å². The number of hydrogen-bond donors (Lipinski definition) is 2. The summed E-state index contributed by atoms with van der Waals surface area (Å²) in [7, 11) is 0. The van der Waals surface area contributed by atoms with Crippen LogP contribution in [0.1, 0.15) is 18.9 Å². The van der Waals surface area contributed by atoms with Crippen LogP contribution < -0.4 is 5.32 Å².